The highest BCUT2D eigenvalue weighted by Gasteiger charge is 2.75. The molecule has 0 radical (unpaired) electrons. The van der Waals surface area contributed by atoms with Crippen molar-refractivity contribution in [3.63, 3.8) is 0 Å². The van der Waals surface area contributed by atoms with Crippen molar-refractivity contribution < 1.29 is 65.8 Å². The van der Waals surface area contributed by atoms with Crippen LogP contribution in [0, 0.1) is 11.8 Å². The normalized spacial score (nSPS) is 46.3. The Balaban J connectivity index is 0.935. The second-order valence-corrected chi connectivity index (χ2v) is 36.5. The fourth-order valence-corrected chi connectivity index (χ4v) is 15.9. The summed E-state index contributed by atoms with van der Waals surface area (Å²) in [5.74, 6) is -2.35. The maximum Gasteiger partial charge on any atom is 0.308 e. The lowest BCUT2D eigenvalue weighted by atomic mass is 9.79. The summed E-state index contributed by atoms with van der Waals surface area (Å²) in [5, 5.41) is 0.0820. The van der Waals surface area contributed by atoms with Gasteiger partial charge in [0, 0.05) is 31.8 Å². The fraction of sp³-hybridized carbons (Fsp3) is 0.877. The number of esters is 1. The molecule has 0 N–H and O–H groups in total. The SMILES string of the molecule is C=CCO[C@]12C[C@]34CC[C@H]5CC(=C)[C@H](CC[C@H]6C[C@@H](C)C(=C)C(C[C@@H]7O[C@H]8CC(O[Si](C)(C)C(C)(C)C)C(CCO[Si](C)(C)C(C)(C)C)O[C@H]8[C@H](C)[C@H]7OC(=O)C[C@H]7CC[C@@H]8O[C@H]([C@@H](O1)[C@@H](O3)[C@H]8O7)[C@H]2O4)O6)O5. The van der Waals surface area contributed by atoms with Crippen LogP contribution in [0.4, 0.5) is 0 Å². The van der Waals surface area contributed by atoms with Crippen LogP contribution in [0.1, 0.15) is 139 Å². The first-order valence-corrected chi connectivity index (χ1v) is 34.2. The third-order valence-corrected chi connectivity index (χ3v) is 28.8. The summed E-state index contributed by atoms with van der Waals surface area (Å²) in [4.78, 5) is 14.7. The molecule has 11 heterocycles. The molecule has 3 unspecified atom stereocenters. The van der Waals surface area contributed by atoms with Crippen LogP contribution in [-0.4, -0.2) is 151 Å². The molecule has 11 saturated heterocycles. The number of hydrogen-bond acceptors (Lipinski definition) is 14. The van der Waals surface area contributed by atoms with Gasteiger partial charge in [-0.3, -0.25) is 4.79 Å². The zero-order valence-corrected chi connectivity index (χ0v) is 48.5. The molecule has 21 atom stereocenters. The zero-order valence-electron chi connectivity index (χ0n) is 46.5. The summed E-state index contributed by atoms with van der Waals surface area (Å²) in [6.45, 7) is 41.3. The number of hydrogen-bond donors (Lipinski definition) is 0. The molecule has 11 aliphatic rings. The molecule has 16 heteroatoms. The van der Waals surface area contributed by atoms with E-state index < -0.39 is 70.9 Å². The second kappa shape index (κ2) is 20.4. The van der Waals surface area contributed by atoms with E-state index in [1.54, 1.807) is 6.08 Å². The van der Waals surface area contributed by atoms with Crippen molar-refractivity contribution in [2.75, 3.05) is 13.2 Å². The largest absolute Gasteiger partial charge is 0.459 e. The molecule has 0 aromatic rings. The van der Waals surface area contributed by atoms with Crippen LogP contribution in [0.25, 0.3) is 0 Å². The van der Waals surface area contributed by atoms with E-state index >= 15 is 0 Å². The van der Waals surface area contributed by atoms with E-state index in [1.807, 2.05) is 0 Å². The standard InChI is InChI=1S/C57H92O14Si2/c1-16-24-59-57-31-56-23-21-38-27-33(3)39(61-38)19-17-36-26-32(2)34(4)42(62-36)29-44-48(67-46(58)28-37-18-20-41-49(63-37)50(68-56)51(69-57)52(66-41)53(57)70-56)35(5)47-45(64-44)30-43(71-73(14,15)55(9,10)11)40(65-47)22-25-60-72(12,13)54(6,7)8/h16,32,35-45,47-53H,1,3-4,17-31H2,2,5-15H3/t32-,35+,36+,37-,38+,39+,40?,41+,42?,43?,44+,45+,47+,48-,49+,50+,51+,52-,53-,56-,57-/m1/s1. The molecule has 412 valence electrons. The third kappa shape index (κ3) is 10.7. The lowest BCUT2D eigenvalue weighted by Crippen LogP contribution is -2.63. The lowest BCUT2D eigenvalue weighted by molar-refractivity contribution is -0.305. The molecule has 0 aromatic heterocycles. The van der Waals surface area contributed by atoms with E-state index in [9.17, 15) is 4.79 Å². The minimum absolute atomic E-state index is 0.000257. The molecule has 0 amide bonds. The maximum absolute atomic E-state index is 14.7. The van der Waals surface area contributed by atoms with Gasteiger partial charge in [-0.1, -0.05) is 74.6 Å². The van der Waals surface area contributed by atoms with Gasteiger partial charge in [-0.05, 0) is 105 Å². The van der Waals surface area contributed by atoms with Crippen molar-refractivity contribution in [3.05, 3.63) is 37.0 Å². The van der Waals surface area contributed by atoms with Gasteiger partial charge in [-0.15, -0.1) is 6.58 Å². The Morgan fingerprint density at radius 1 is 0.685 bits per heavy atom. The van der Waals surface area contributed by atoms with Gasteiger partial charge in [0.15, 0.2) is 22.4 Å². The third-order valence-electron chi connectivity index (χ3n) is 19.8. The van der Waals surface area contributed by atoms with Crippen LogP contribution >= 0.6 is 0 Å². The highest BCUT2D eigenvalue weighted by molar-refractivity contribution is 6.74. The zero-order chi connectivity index (χ0) is 52.2. The number of ether oxygens (including phenoxy) is 11. The van der Waals surface area contributed by atoms with E-state index in [0.717, 1.165) is 36.8 Å². The molecular weight excluding hydrogens is 965 g/mol. The van der Waals surface area contributed by atoms with Crippen LogP contribution < -0.4 is 0 Å². The summed E-state index contributed by atoms with van der Waals surface area (Å²) in [5.41, 5.74) is 2.17. The summed E-state index contributed by atoms with van der Waals surface area (Å²) in [6.07, 6.45) is 4.42. The predicted molar refractivity (Wildman–Crippen MR) is 280 cm³/mol. The Bertz CT molecular complexity index is 2050. The number of fused-ring (bicyclic) bond motifs is 7. The summed E-state index contributed by atoms with van der Waals surface area (Å²) >= 11 is 0. The summed E-state index contributed by atoms with van der Waals surface area (Å²) in [7, 11) is -4.26. The quantitative estimate of drug-likeness (QED) is 0.123. The van der Waals surface area contributed by atoms with Crippen LogP contribution in [0.2, 0.25) is 36.3 Å². The van der Waals surface area contributed by atoms with Gasteiger partial charge in [0.25, 0.3) is 0 Å². The summed E-state index contributed by atoms with van der Waals surface area (Å²) in [6, 6.07) is 0. The monoisotopic (exact) mass is 1060 g/mol. The first kappa shape index (κ1) is 55.0. The molecule has 0 saturated carbocycles. The molecular formula is C57H92O14Si2. The molecule has 14 nitrogen and oxygen atoms in total. The van der Waals surface area contributed by atoms with E-state index in [4.69, 9.17) is 61.0 Å². The predicted octanol–water partition coefficient (Wildman–Crippen LogP) is 10.2. The minimum Gasteiger partial charge on any atom is -0.459 e. The van der Waals surface area contributed by atoms with Gasteiger partial charge in [0.1, 0.15) is 36.6 Å². The van der Waals surface area contributed by atoms with E-state index in [1.165, 1.54) is 0 Å². The Kier molecular flexibility index (Phi) is 15.4. The highest BCUT2D eigenvalue weighted by Crippen LogP contribution is 2.59. The molecule has 11 aliphatic heterocycles. The van der Waals surface area contributed by atoms with E-state index in [2.05, 4.69) is 101 Å². The minimum atomic E-state index is -2.24. The average molecular weight is 1060 g/mol. The van der Waals surface area contributed by atoms with Crippen LogP contribution in [0.15, 0.2) is 37.0 Å². The van der Waals surface area contributed by atoms with E-state index in [-0.39, 0.29) is 95.3 Å². The second-order valence-electron chi connectivity index (χ2n) is 27.0. The molecule has 0 aromatic carbocycles. The number of rotatable bonds is 9. The van der Waals surface area contributed by atoms with Crippen molar-refractivity contribution in [1.29, 1.82) is 0 Å². The van der Waals surface area contributed by atoms with Crippen molar-refractivity contribution in [1.82, 2.24) is 0 Å². The van der Waals surface area contributed by atoms with Crippen molar-refractivity contribution >= 4 is 22.6 Å². The summed E-state index contributed by atoms with van der Waals surface area (Å²) < 4.78 is 90.7. The smallest absolute Gasteiger partial charge is 0.308 e. The average Bonchev–Trinajstić information content (AvgIpc) is 3.86. The molecule has 12 bridgehead atoms. The first-order valence-electron chi connectivity index (χ1n) is 28.4. The van der Waals surface area contributed by atoms with Gasteiger partial charge in [0.2, 0.25) is 5.79 Å². The Labute approximate surface area is 439 Å². The molecule has 11 rings (SSSR count). The topological polar surface area (TPSA) is 137 Å². The number of carbonyl (C=O) groups excluding carboxylic acids is 1. The van der Waals surface area contributed by atoms with Gasteiger partial charge >= 0.3 is 5.97 Å². The lowest BCUT2D eigenvalue weighted by Gasteiger charge is -2.53. The Morgan fingerprint density at radius 3 is 2.12 bits per heavy atom. The van der Waals surface area contributed by atoms with Crippen LogP contribution in [-0.2, 0) is 65.8 Å². The van der Waals surface area contributed by atoms with Crippen molar-refractivity contribution in [2.24, 2.45) is 11.8 Å². The van der Waals surface area contributed by atoms with Gasteiger partial charge in [-0.25, -0.2) is 0 Å². The van der Waals surface area contributed by atoms with Gasteiger partial charge in [0.05, 0.1) is 86.6 Å². The van der Waals surface area contributed by atoms with E-state index in [0.29, 0.717) is 64.6 Å². The van der Waals surface area contributed by atoms with Crippen molar-refractivity contribution in [3.8, 4) is 0 Å². The maximum atomic E-state index is 14.7. The van der Waals surface area contributed by atoms with Crippen molar-refractivity contribution in [2.45, 2.75) is 290 Å². The molecule has 73 heavy (non-hydrogen) atoms. The van der Waals surface area contributed by atoms with Gasteiger partial charge in [-0.2, -0.15) is 0 Å². The fourth-order valence-electron chi connectivity index (χ4n) is 13.5. The molecule has 0 aliphatic carbocycles. The molecule has 1 spiro atoms. The number of carbonyl (C=O) groups is 1. The Hall–Kier alpha value is -1.36. The Morgan fingerprint density at radius 2 is 1.38 bits per heavy atom. The highest BCUT2D eigenvalue weighted by atomic mass is 28.4. The molecule has 11 fully saturated rings. The van der Waals surface area contributed by atoms with Gasteiger partial charge < -0.3 is 61.0 Å². The van der Waals surface area contributed by atoms with Crippen LogP contribution in [0.3, 0.4) is 0 Å². The first-order chi connectivity index (χ1) is 34.3. The van der Waals surface area contributed by atoms with Crippen LogP contribution in [0.5, 0.6) is 0 Å².